The van der Waals surface area contributed by atoms with E-state index in [1.807, 2.05) is 0 Å². The molecule has 0 amide bonds. The van der Waals surface area contributed by atoms with Gasteiger partial charge in [0.15, 0.2) is 0 Å². The molecule has 1 saturated heterocycles. The van der Waals surface area contributed by atoms with Crippen LogP contribution in [0.4, 0.5) is 0 Å². The van der Waals surface area contributed by atoms with Crippen LogP contribution in [-0.2, 0) is 0 Å². The first-order chi connectivity index (χ1) is 14.8. The molecular formula is C16H67N7Si10. The minimum Gasteiger partial charge on any atom is -0.361 e. The molecule has 0 aromatic carbocycles. The van der Waals surface area contributed by atoms with Crippen LogP contribution in [0.1, 0.15) is 60.8 Å². The van der Waals surface area contributed by atoms with Gasteiger partial charge in [0.05, 0.1) is 104 Å². The highest BCUT2D eigenvalue weighted by atomic mass is 28.2. The first-order valence-electron chi connectivity index (χ1n) is 12.6. The average molecular weight is 639 g/mol. The summed E-state index contributed by atoms with van der Waals surface area (Å²) >= 11 is 0. The van der Waals surface area contributed by atoms with E-state index in [9.17, 15) is 0 Å². The molecule has 206 valence electrons. The van der Waals surface area contributed by atoms with E-state index in [4.69, 9.17) is 0 Å². The Labute approximate surface area is 240 Å². The van der Waals surface area contributed by atoms with Gasteiger partial charge in [0, 0.05) is 27.2 Å². The Morgan fingerprint density at radius 1 is 0.758 bits per heavy atom. The van der Waals surface area contributed by atoms with Gasteiger partial charge in [0.1, 0.15) is 0 Å². The standard InChI is InChI=1S/C5H16N2Si2.C4H15NSi2.C3H13NSi2.C2H12N2Si2.C2H11NSi2/c8-7(9)6-4-2-1-3-5-6;1-4(2,3)5(6)7;2*1-3(2)4(5)6;1-2-3(4)5/h1-5H2,8-9H3;1-3,6-7H3;3H,1-2,5-6H3;1-2,5-6H3;2H2,1,4-5H3. The van der Waals surface area contributed by atoms with Gasteiger partial charge in [-0.3, -0.25) is 10.0 Å². The van der Waals surface area contributed by atoms with Gasteiger partial charge < -0.3 is 21.4 Å². The molecule has 1 rings (SSSR count). The lowest BCUT2D eigenvalue weighted by Crippen LogP contribution is -2.42. The number of rotatable bonds is 4. The molecule has 0 atom stereocenters. The molecule has 1 fully saturated rings. The van der Waals surface area contributed by atoms with Crippen molar-refractivity contribution in [3.8, 4) is 0 Å². The van der Waals surface area contributed by atoms with Crippen molar-refractivity contribution in [3.63, 3.8) is 0 Å². The summed E-state index contributed by atoms with van der Waals surface area (Å²) in [6.07, 6.45) is 4.29. The number of hydrogen-bond donors (Lipinski definition) is 0. The third-order valence-electron chi connectivity index (χ3n) is 5.71. The minimum atomic E-state index is 0.457. The zero-order valence-corrected chi connectivity index (χ0v) is 46.5. The number of hydrazine groups is 2. The van der Waals surface area contributed by atoms with Crippen LogP contribution in [0.3, 0.4) is 0 Å². The van der Waals surface area contributed by atoms with Crippen molar-refractivity contribution >= 4 is 104 Å². The summed E-state index contributed by atoms with van der Waals surface area (Å²) in [6.45, 7) is 17.4. The maximum atomic E-state index is 2.52. The van der Waals surface area contributed by atoms with Crippen LogP contribution in [0, 0.1) is 0 Å². The molecule has 0 aliphatic carbocycles. The minimum absolute atomic E-state index is 0.457. The molecule has 33 heavy (non-hydrogen) atoms. The third kappa shape index (κ3) is 38.6. The van der Waals surface area contributed by atoms with Crippen LogP contribution in [0.25, 0.3) is 0 Å². The van der Waals surface area contributed by atoms with Crippen LogP contribution in [0.15, 0.2) is 0 Å². The van der Waals surface area contributed by atoms with Crippen LogP contribution < -0.4 is 0 Å². The van der Waals surface area contributed by atoms with E-state index in [-0.39, 0.29) is 0 Å². The second-order valence-electron chi connectivity index (χ2n) is 11.1. The van der Waals surface area contributed by atoms with Gasteiger partial charge in [-0.05, 0) is 51.7 Å². The van der Waals surface area contributed by atoms with Gasteiger partial charge in [-0.2, -0.15) is 0 Å². The van der Waals surface area contributed by atoms with Crippen LogP contribution in [0.2, 0.25) is 0 Å². The van der Waals surface area contributed by atoms with E-state index in [0.717, 1.165) is 6.04 Å². The molecule has 0 unspecified atom stereocenters. The summed E-state index contributed by atoms with van der Waals surface area (Å²) in [6, 6.07) is 0.809. The molecule has 1 aliphatic heterocycles. The van der Waals surface area contributed by atoms with Crippen LogP contribution in [-0.4, -0.2) is 181 Å². The fraction of sp³-hybridized carbons (Fsp3) is 1.00. The molecule has 0 spiro atoms. The second-order valence-corrected chi connectivity index (χ2v) is 33.8. The molecule has 7 nitrogen and oxygen atoms in total. The average Bonchev–Trinajstić information content (AvgIpc) is 2.69. The molecule has 0 N–H and O–H groups in total. The van der Waals surface area contributed by atoms with Crippen molar-refractivity contribution in [2.75, 3.05) is 33.7 Å². The third-order valence-corrected chi connectivity index (χ3v) is 14.5. The van der Waals surface area contributed by atoms with E-state index < -0.39 is 0 Å². The monoisotopic (exact) mass is 637 g/mol. The summed E-state index contributed by atoms with van der Waals surface area (Å²) < 4.78 is 12.1. The van der Waals surface area contributed by atoms with Crippen molar-refractivity contribution in [3.05, 3.63) is 0 Å². The second kappa shape index (κ2) is 25.5. The first kappa shape index (κ1) is 42.0. The van der Waals surface area contributed by atoms with Gasteiger partial charge >= 0.3 is 0 Å². The van der Waals surface area contributed by atoms with Gasteiger partial charge in [-0.25, -0.2) is 0 Å². The number of nitrogens with zero attached hydrogens (tertiary/aromatic N) is 7. The summed E-state index contributed by atoms with van der Waals surface area (Å²) in [5.41, 5.74) is 0.457. The molecular weight excluding hydrogens is 571 g/mol. The molecule has 0 aromatic heterocycles. The largest absolute Gasteiger partial charge is 0.361 e. The highest BCUT2D eigenvalue weighted by Gasteiger charge is 2.10. The normalized spacial score (nSPS) is 15.4. The lowest BCUT2D eigenvalue weighted by Gasteiger charge is -2.32. The van der Waals surface area contributed by atoms with E-state index in [2.05, 4.69) is 87.0 Å². The lowest BCUT2D eigenvalue weighted by molar-refractivity contribution is 0.112. The summed E-state index contributed by atoms with van der Waals surface area (Å²) in [4.78, 5) is 0. The molecule has 0 bridgehead atoms. The smallest absolute Gasteiger partial charge is 0.0875 e. The zero-order valence-electron chi connectivity index (χ0n) is 26.5. The highest BCUT2D eigenvalue weighted by Crippen LogP contribution is 2.08. The fourth-order valence-electron chi connectivity index (χ4n) is 1.28. The first-order valence-corrected chi connectivity index (χ1v) is 21.5. The van der Waals surface area contributed by atoms with Gasteiger partial charge in [-0.1, -0.05) is 27.2 Å². The molecule has 1 heterocycles. The predicted molar refractivity (Wildman–Crippen MR) is 193 cm³/mol. The van der Waals surface area contributed by atoms with Gasteiger partial charge in [0.2, 0.25) is 0 Å². The zero-order chi connectivity index (χ0) is 27.4. The van der Waals surface area contributed by atoms with E-state index in [1.54, 1.807) is 0 Å². The van der Waals surface area contributed by atoms with Crippen molar-refractivity contribution < 1.29 is 0 Å². The molecule has 17 heteroatoms. The van der Waals surface area contributed by atoms with Crippen LogP contribution >= 0.6 is 0 Å². The maximum absolute atomic E-state index is 2.52. The fourth-order valence-corrected chi connectivity index (χ4v) is 2.08. The Morgan fingerprint density at radius 2 is 1.03 bits per heavy atom. The van der Waals surface area contributed by atoms with Gasteiger partial charge in [0.25, 0.3) is 0 Å². The molecule has 0 radical (unpaired) electrons. The Hall–Kier alpha value is 1.89. The van der Waals surface area contributed by atoms with Crippen molar-refractivity contribution in [2.24, 2.45) is 0 Å². The highest BCUT2D eigenvalue weighted by molar-refractivity contribution is 6.26. The molecule has 1 aliphatic rings. The predicted octanol–water partition coefficient (Wildman–Crippen LogP) is -9.65. The lowest BCUT2D eigenvalue weighted by atomic mass is 10.1. The Kier molecular flexibility index (Phi) is 32.5. The molecule has 0 aromatic rings. The van der Waals surface area contributed by atoms with E-state index in [1.165, 1.54) is 143 Å². The van der Waals surface area contributed by atoms with Crippen molar-refractivity contribution in [2.45, 2.75) is 72.4 Å². The van der Waals surface area contributed by atoms with Gasteiger partial charge in [-0.15, -0.1) is 0 Å². The number of hydrogen-bond acceptors (Lipinski definition) is 7. The molecule has 0 saturated carbocycles. The van der Waals surface area contributed by atoms with Crippen molar-refractivity contribution in [1.82, 2.24) is 31.4 Å². The van der Waals surface area contributed by atoms with E-state index in [0.29, 0.717) is 5.54 Å². The van der Waals surface area contributed by atoms with E-state index >= 15 is 0 Å². The Balaban J connectivity index is -0.000000162. The van der Waals surface area contributed by atoms with Crippen molar-refractivity contribution in [1.29, 1.82) is 0 Å². The summed E-state index contributed by atoms with van der Waals surface area (Å²) in [7, 11) is 16.4. The number of piperidine rings is 1. The Morgan fingerprint density at radius 3 is 1.12 bits per heavy atom. The topological polar surface area (TPSA) is 22.7 Å². The SMILES string of the molecule is CC(C)(C)N([SiH3])[SiH3].CC(C)N([SiH3])[SiH3].CCN([SiH3])[SiH3].CN(C)N([SiH3])[SiH3].[SiH3]N([SiH3])N1CCCCC1. The quantitative estimate of drug-likeness (QED) is 0.223. The van der Waals surface area contributed by atoms with Crippen LogP contribution in [0.5, 0.6) is 0 Å². The summed E-state index contributed by atoms with van der Waals surface area (Å²) in [5.74, 6) is 0. The Bertz CT molecular complexity index is 368. The summed E-state index contributed by atoms with van der Waals surface area (Å²) in [5, 5.41) is 4.64. The maximum Gasteiger partial charge on any atom is 0.0875 e.